The highest BCUT2D eigenvalue weighted by Crippen LogP contribution is 2.48. The number of amides is 1. The Labute approximate surface area is 213 Å². The summed E-state index contributed by atoms with van der Waals surface area (Å²) in [6.07, 6.45) is 0.877. The first-order valence-corrected chi connectivity index (χ1v) is 13.2. The van der Waals surface area contributed by atoms with Gasteiger partial charge in [0, 0.05) is 24.2 Å². The Bertz CT molecular complexity index is 1250. The molecule has 0 spiro atoms. The minimum atomic E-state index is -3.62. The second-order valence-electron chi connectivity index (χ2n) is 7.34. The Hall–Kier alpha value is -2.82. The zero-order chi connectivity index (χ0) is 26.1. The number of fused-ring (bicyclic) bond motifs is 1. The van der Waals surface area contributed by atoms with E-state index in [0.717, 1.165) is 0 Å². The first-order chi connectivity index (χ1) is 17.3. The molecule has 0 fully saturated rings. The first-order valence-electron chi connectivity index (χ1n) is 11.1. The number of carbonyl (C=O) groups is 1. The number of nitrogens with zero attached hydrogens (tertiary/aromatic N) is 2. The van der Waals surface area contributed by atoms with Crippen molar-refractivity contribution in [3.63, 3.8) is 0 Å². The number of hydrogen-bond acceptors (Lipinski definition) is 9. The number of ether oxygens (including phenoxy) is 2. The average molecular weight is 541 g/mol. The summed E-state index contributed by atoms with van der Waals surface area (Å²) < 4.78 is 47.6. The monoisotopic (exact) mass is 540 g/mol. The minimum Gasteiger partial charge on any atom is -0.489 e. The largest absolute Gasteiger partial charge is 0.489 e. The van der Waals surface area contributed by atoms with Crippen LogP contribution in [-0.4, -0.2) is 55.6 Å². The molecule has 10 nitrogen and oxygen atoms in total. The van der Waals surface area contributed by atoms with Gasteiger partial charge in [0.1, 0.15) is 36.5 Å². The Morgan fingerprint density at radius 2 is 1.86 bits per heavy atom. The molecule has 3 rings (SSSR count). The molecule has 0 unspecified atom stereocenters. The maximum atomic E-state index is 13.6. The molecule has 3 aromatic rings. The van der Waals surface area contributed by atoms with Gasteiger partial charge in [-0.1, -0.05) is 11.6 Å². The van der Waals surface area contributed by atoms with Crippen LogP contribution in [0.3, 0.4) is 0 Å². The zero-order valence-corrected chi connectivity index (χ0v) is 21.7. The molecule has 2 N–H and O–H groups in total. The van der Waals surface area contributed by atoms with Gasteiger partial charge in [-0.3, -0.25) is 9.36 Å². The normalized spacial score (nSPS) is 11.5. The molecular weight excluding hydrogens is 514 g/mol. The van der Waals surface area contributed by atoms with Crippen LogP contribution < -0.4 is 15.4 Å². The molecule has 194 valence electrons. The van der Waals surface area contributed by atoms with Crippen LogP contribution in [-0.2, 0) is 23.1 Å². The van der Waals surface area contributed by atoms with Crippen LogP contribution >= 0.6 is 19.2 Å². The molecule has 0 saturated carbocycles. The number of halogens is 2. The number of benzene rings is 2. The Morgan fingerprint density at radius 1 is 1.11 bits per heavy atom. The molecule has 13 heteroatoms. The fraction of sp³-hybridized carbons (Fsp3) is 0.348. The highest BCUT2D eigenvalue weighted by Gasteiger charge is 2.28. The second kappa shape index (κ2) is 12.9. The lowest BCUT2D eigenvalue weighted by Gasteiger charge is -2.18. The number of anilines is 3. The molecule has 1 amide bonds. The highest BCUT2D eigenvalue weighted by molar-refractivity contribution is 7.54. The van der Waals surface area contributed by atoms with Crippen molar-refractivity contribution in [1.29, 1.82) is 0 Å². The predicted molar refractivity (Wildman–Crippen MR) is 136 cm³/mol. The Kier molecular flexibility index (Phi) is 9.98. The van der Waals surface area contributed by atoms with Crippen LogP contribution in [0.2, 0.25) is 5.02 Å². The van der Waals surface area contributed by atoms with Crippen molar-refractivity contribution < 1.29 is 32.3 Å². The van der Waals surface area contributed by atoms with Crippen molar-refractivity contribution in [2.75, 3.05) is 50.3 Å². The highest BCUT2D eigenvalue weighted by atomic mass is 35.5. The van der Waals surface area contributed by atoms with E-state index in [4.69, 9.17) is 30.1 Å². The molecule has 0 atom stereocenters. The van der Waals surface area contributed by atoms with E-state index in [1.54, 1.807) is 26.0 Å². The number of aromatic nitrogens is 2. The molecular formula is C23H27ClFN4O6P. The Balaban J connectivity index is 1.96. The van der Waals surface area contributed by atoms with Crippen LogP contribution in [0.1, 0.15) is 13.8 Å². The second-order valence-corrected chi connectivity index (χ2v) is 9.80. The van der Waals surface area contributed by atoms with Crippen molar-refractivity contribution in [2.45, 2.75) is 13.8 Å². The molecule has 0 aliphatic rings. The fourth-order valence-electron chi connectivity index (χ4n) is 3.23. The van der Waals surface area contributed by atoms with E-state index >= 15 is 0 Å². The van der Waals surface area contributed by atoms with Crippen molar-refractivity contribution in [3.05, 3.63) is 47.5 Å². The minimum absolute atomic E-state index is 0.0480. The molecule has 2 aromatic carbocycles. The standard InChI is InChI=1S/C23H27ClFN4O6P/c1-4-34-36(31,35-5-2)13-22(30)29-20-11-16-19(12-21(20)33-9-8-32-3)26-14-27-23(16)28-15-6-7-18(25)17(24)10-15/h6-7,10-12,14H,4-5,8-9,13H2,1-3H3,(H,29,30)(H,26,27,28). The van der Waals surface area contributed by atoms with E-state index in [1.807, 2.05) is 0 Å². The fourth-order valence-corrected chi connectivity index (χ4v) is 4.89. The van der Waals surface area contributed by atoms with E-state index in [-0.39, 0.29) is 30.5 Å². The Morgan fingerprint density at radius 3 is 2.53 bits per heavy atom. The van der Waals surface area contributed by atoms with Gasteiger partial charge < -0.3 is 29.2 Å². The number of rotatable bonds is 13. The summed E-state index contributed by atoms with van der Waals surface area (Å²) in [4.78, 5) is 21.4. The van der Waals surface area contributed by atoms with Gasteiger partial charge in [0.05, 0.1) is 36.0 Å². The lowest BCUT2D eigenvalue weighted by molar-refractivity contribution is -0.114. The van der Waals surface area contributed by atoms with Gasteiger partial charge in [-0.25, -0.2) is 14.4 Å². The van der Waals surface area contributed by atoms with Crippen molar-refractivity contribution in [2.24, 2.45) is 0 Å². The van der Waals surface area contributed by atoms with Gasteiger partial charge in [0.15, 0.2) is 0 Å². The van der Waals surface area contributed by atoms with Crippen LogP contribution in [0.5, 0.6) is 5.75 Å². The number of hydrogen-bond donors (Lipinski definition) is 2. The van der Waals surface area contributed by atoms with Crippen molar-refractivity contribution in [1.82, 2.24) is 9.97 Å². The molecule has 0 saturated heterocycles. The molecule has 1 aromatic heterocycles. The summed E-state index contributed by atoms with van der Waals surface area (Å²) in [5.41, 5.74) is 1.31. The predicted octanol–water partition coefficient (Wildman–Crippen LogP) is 5.40. The van der Waals surface area contributed by atoms with E-state index in [2.05, 4.69) is 20.6 Å². The van der Waals surface area contributed by atoms with E-state index in [0.29, 0.717) is 34.8 Å². The third-order valence-corrected chi connectivity index (χ3v) is 6.99. The van der Waals surface area contributed by atoms with Crippen LogP contribution in [0, 0.1) is 5.82 Å². The summed E-state index contributed by atoms with van der Waals surface area (Å²) >= 11 is 5.89. The molecule has 0 radical (unpaired) electrons. The molecule has 36 heavy (non-hydrogen) atoms. The van der Waals surface area contributed by atoms with Gasteiger partial charge in [-0.05, 0) is 38.1 Å². The third kappa shape index (κ3) is 7.35. The van der Waals surface area contributed by atoms with E-state index < -0.39 is 25.5 Å². The van der Waals surface area contributed by atoms with Gasteiger partial charge in [-0.2, -0.15) is 0 Å². The topological polar surface area (TPSA) is 121 Å². The summed E-state index contributed by atoms with van der Waals surface area (Å²) in [6.45, 7) is 4.12. The molecule has 1 heterocycles. The lowest BCUT2D eigenvalue weighted by atomic mass is 10.2. The smallest absolute Gasteiger partial charge is 0.340 e. The molecule has 0 aliphatic heterocycles. The quantitative estimate of drug-likeness (QED) is 0.217. The summed E-state index contributed by atoms with van der Waals surface area (Å²) in [6, 6.07) is 7.43. The van der Waals surface area contributed by atoms with Gasteiger partial charge in [-0.15, -0.1) is 0 Å². The summed E-state index contributed by atoms with van der Waals surface area (Å²) in [5.74, 6) is -0.428. The van der Waals surface area contributed by atoms with Crippen molar-refractivity contribution in [3.8, 4) is 5.75 Å². The van der Waals surface area contributed by atoms with Crippen LogP contribution in [0.25, 0.3) is 10.9 Å². The first kappa shape index (κ1) is 27.8. The summed E-state index contributed by atoms with van der Waals surface area (Å²) in [7, 11) is -2.08. The van der Waals surface area contributed by atoms with Gasteiger partial charge in [0.25, 0.3) is 0 Å². The summed E-state index contributed by atoms with van der Waals surface area (Å²) in [5, 5.41) is 6.28. The number of carbonyl (C=O) groups excluding carboxylic acids is 1. The van der Waals surface area contributed by atoms with E-state index in [9.17, 15) is 13.8 Å². The average Bonchev–Trinajstić information content (AvgIpc) is 2.82. The van der Waals surface area contributed by atoms with Crippen LogP contribution in [0.4, 0.5) is 21.6 Å². The van der Waals surface area contributed by atoms with Crippen molar-refractivity contribution >= 4 is 53.2 Å². The number of nitrogens with one attached hydrogen (secondary N) is 2. The van der Waals surface area contributed by atoms with Gasteiger partial charge >= 0.3 is 7.60 Å². The maximum Gasteiger partial charge on any atom is 0.340 e. The number of methoxy groups -OCH3 is 1. The van der Waals surface area contributed by atoms with Gasteiger partial charge in [0.2, 0.25) is 5.91 Å². The molecule has 0 bridgehead atoms. The zero-order valence-electron chi connectivity index (χ0n) is 20.0. The van der Waals surface area contributed by atoms with Crippen LogP contribution in [0.15, 0.2) is 36.7 Å². The van der Waals surface area contributed by atoms with E-state index in [1.165, 1.54) is 31.6 Å². The SMILES string of the molecule is CCOP(=O)(CC(=O)Nc1cc2c(Nc3ccc(F)c(Cl)c3)ncnc2cc1OCCOC)OCC. The maximum absolute atomic E-state index is 13.6. The lowest BCUT2D eigenvalue weighted by Crippen LogP contribution is -2.19. The third-order valence-electron chi connectivity index (χ3n) is 4.73. The molecule has 0 aliphatic carbocycles.